The van der Waals surface area contributed by atoms with Crippen molar-refractivity contribution in [2.75, 3.05) is 0 Å². The molecule has 0 N–H and O–H groups in total. The fraction of sp³-hybridized carbons (Fsp3) is 0. The first-order valence-electron chi connectivity index (χ1n) is 17.1. The minimum atomic E-state index is 0.622. The Labute approximate surface area is 294 Å². The summed E-state index contributed by atoms with van der Waals surface area (Å²) < 4.78 is 6.33. The van der Waals surface area contributed by atoms with Crippen LogP contribution >= 0.6 is 0 Å². The van der Waals surface area contributed by atoms with E-state index in [9.17, 15) is 0 Å². The Morgan fingerprint density at radius 1 is 0.314 bits per heavy atom. The molecule has 0 aliphatic heterocycles. The maximum absolute atomic E-state index is 6.33. The zero-order chi connectivity index (χ0) is 33.7. The van der Waals surface area contributed by atoms with E-state index in [0.717, 1.165) is 55.3 Å². The third-order valence-corrected chi connectivity index (χ3v) is 9.75. The molecule has 0 atom stereocenters. The van der Waals surface area contributed by atoms with Crippen molar-refractivity contribution in [1.29, 1.82) is 0 Å². The molecular formula is C47H29N3O. The van der Waals surface area contributed by atoms with Crippen LogP contribution in [0.25, 0.3) is 99.9 Å². The van der Waals surface area contributed by atoms with Crippen molar-refractivity contribution in [3.63, 3.8) is 0 Å². The molecule has 0 radical (unpaired) electrons. The van der Waals surface area contributed by atoms with E-state index in [-0.39, 0.29) is 0 Å². The minimum absolute atomic E-state index is 0.622. The average molecular weight is 652 g/mol. The molecular weight excluding hydrogens is 623 g/mol. The average Bonchev–Trinajstić information content (AvgIpc) is 3.60. The molecule has 8 aromatic carbocycles. The molecule has 238 valence electrons. The van der Waals surface area contributed by atoms with Crippen LogP contribution in [0.1, 0.15) is 0 Å². The predicted molar refractivity (Wildman–Crippen MR) is 209 cm³/mol. The summed E-state index contributed by atoms with van der Waals surface area (Å²) >= 11 is 0. The summed E-state index contributed by atoms with van der Waals surface area (Å²) in [6, 6.07) is 61.1. The van der Waals surface area contributed by atoms with Crippen LogP contribution in [-0.2, 0) is 0 Å². The second kappa shape index (κ2) is 11.9. The Hall–Kier alpha value is -6.91. The first-order chi connectivity index (χ1) is 25.3. The Bertz CT molecular complexity index is 2890. The van der Waals surface area contributed by atoms with E-state index < -0.39 is 0 Å². The highest BCUT2D eigenvalue weighted by Gasteiger charge is 2.16. The Morgan fingerprint density at radius 3 is 1.49 bits per heavy atom. The number of hydrogen-bond acceptors (Lipinski definition) is 4. The molecule has 0 unspecified atom stereocenters. The van der Waals surface area contributed by atoms with Crippen molar-refractivity contribution in [1.82, 2.24) is 15.0 Å². The minimum Gasteiger partial charge on any atom is -0.455 e. The summed E-state index contributed by atoms with van der Waals surface area (Å²) in [5, 5.41) is 7.21. The van der Waals surface area contributed by atoms with Crippen molar-refractivity contribution in [3.05, 3.63) is 176 Å². The molecule has 10 aromatic rings. The molecule has 2 aromatic heterocycles. The lowest BCUT2D eigenvalue weighted by Crippen LogP contribution is -2.00. The monoisotopic (exact) mass is 651 g/mol. The van der Waals surface area contributed by atoms with Gasteiger partial charge in [0, 0.05) is 33.0 Å². The van der Waals surface area contributed by atoms with E-state index in [1.54, 1.807) is 0 Å². The summed E-state index contributed by atoms with van der Waals surface area (Å²) in [4.78, 5) is 15.0. The normalized spacial score (nSPS) is 11.5. The van der Waals surface area contributed by atoms with Gasteiger partial charge in [0.15, 0.2) is 17.5 Å². The summed E-state index contributed by atoms with van der Waals surface area (Å²) in [7, 11) is 0. The number of fused-ring (bicyclic) bond motifs is 6. The highest BCUT2D eigenvalue weighted by molar-refractivity contribution is 6.14. The van der Waals surface area contributed by atoms with Gasteiger partial charge in [-0.2, -0.15) is 0 Å². The third kappa shape index (κ3) is 5.04. The summed E-state index contributed by atoms with van der Waals surface area (Å²) in [5.74, 6) is 1.89. The lowest BCUT2D eigenvalue weighted by atomic mass is 9.93. The third-order valence-electron chi connectivity index (χ3n) is 9.75. The van der Waals surface area contributed by atoms with Crippen LogP contribution in [-0.4, -0.2) is 15.0 Å². The second-order valence-corrected chi connectivity index (χ2v) is 12.8. The van der Waals surface area contributed by atoms with Crippen molar-refractivity contribution in [2.24, 2.45) is 0 Å². The van der Waals surface area contributed by atoms with Gasteiger partial charge < -0.3 is 4.42 Å². The smallest absolute Gasteiger partial charge is 0.164 e. The molecule has 0 bridgehead atoms. The number of aromatic nitrogens is 3. The zero-order valence-electron chi connectivity index (χ0n) is 27.5. The van der Waals surface area contributed by atoms with Gasteiger partial charge in [-0.15, -0.1) is 0 Å². The number of benzene rings is 8. The first kappa shape index (κ1) is 29.0. The van der Waals surface area contributed by atoms with Gasteiger partial charge in [0.05, 0.1) is 0 Å². The molecule has 0 spiro atoms. The van der Waals surface area contributed by atoms with E-state index in [2.05, 4.69) is 127 Å². The van der Waals surface area contributed by atoms with Crippen molar-refractivity contribution >= 4 is 43.5 Å². The summed E-state index contributed by atoms with van der Waals surface area (Å²) in [5.41, 5.74) is 9.03. The van der Waals surface area contributed by atoms with Gasteiger partial charge >= 0.3 is 0 Å². The highest BCUT2D eigenvalue weighted by atomic mass is 16.3. The lowest BCUT2D eigenvalue weighted by molar-refractivity contribution is 0.670. The van der Waals surface area contributed by atoms with Crippen LogP contribution < -0.4 is 0 Å². The maximum Gasteiger partial charge on any atom is 0.164 e. The van der Waals surface area contributed by atoms with Crippen molar-refractivity contribution < 1.29 is 4.42 Å². The van der Waals surface area contributed by atoms with Gasteiger partial charge in [0.25, 0.3) is 0 Å². The van der Waals surface area contributed by atoms with Crippen molar-refractivity contribution in [3.8, 4) is 56.4 Å². The molecule has 0 fully saturated rings. The number of hydrogen-bond donors (Lipinski definition) is 0. The summed E-state index contributed by atoms with van der Waals surface area (Å²) in [6.45, 7) is 0. The van der Waals surface area contributed by atoms with Gasteiger partial charge in [-0.05, 0) is 50.4 Å². The number of nitrogens with zero attached hydrogens (tertiary/aromatic N) is 3. The largest absolute Gasteiger partial charge is 0.455 e. The van der Waals surface area contributed by atoms with Crippen LogP contribution in [0, 0.1) is 0 Å². The quantitative estimate of drug-likeness (QED) is 0.174. The molecule has 2 heterocycles. The van der Waals surface area contributed by atoms with Crippen LogP contribution in [0.5, 0.6) is 0 Å². The van der Waals surface area contributed by atoms with Gasteiger partial charge in [0.2, 0.25) is 0 Å². The van der Waals surface area contributed by atoms with E-state index in [0.29, 0.717) is 17.5 Å². The van der Waals surface area contributed by atoms with E-state index in [1.165, 1.54) is 27.1 Å². The van der Waals surface area contributed by atoms with E-state index in [4.69, 9.17) is 19.4 Å². The molecule has 0 saturated carbocycles. The molecule has 51 heavy (non-hydrogen) atoms. The number of para-hydroxylation sites is 2. The highest BCUT2D eigenvalue weighted by Crippen LogP contribution is 2.38. The van der Waals surface area contributed by atoms with Gasteiger partial charge in [0.1, 0.15) is 11.2 Å². The molecule has 10 rings (SSSR count). The Morgan fingerprint density at radius 2 is 0.804 bits per heavy atom. The van der Waals surface area contributed by atoms with E-state index >= 15 is 0 Å². The molecule has 4 nitrogen and oxygen atoms in total. The first-order valence-corrected chi connectivity index (χ1v) is 17.1. The van der Waals surface area contributed by atoms with Gasteiger partial charge in [-0.1, -0.05) is 164 Å². The van der Waals surface area contributed by atoms with Crippen molar-refractivity contribution in [2.45, 2.75) is 0 Å². The molecule has 0 aliphatic rings. The lowest BCUT2D eigenvalue weighted by Gasteiger charge is -2.12. The maximum atomic E-state index is 6.33. The second-order valence-electron chi connectivity index (χ2n) is 12.8. The fourth-order valence-electron chi connectivity index (χ4n) is 7.22. The van der Waals surface area contributed by atoms with E-state index in [1.807, 2.05) is 48.5 Å². The van der Waals surface area contributed by atoms with Crippen LogP contribution in [0.3, 0.4) is 0 Å². The SMILES string of the molecule is c1ccc(-c2nc(-c3ccc(-c4cc5ccccc5c5ccccc45)cc3)nc(-c3ccc(-c4cccc5c4oc4ccccc45)cc3)n2)cc1. The van der Waals surface area contributed by atoms with Crippen LogP contribution in [0.15, 0.2) is 180 Å². The molecule has 4 heteroatoms. The Balaban J connectivity index is 1.05. The molecule has 0 aliphatic carbocycles. The topological polar surface area (TPSA) is 51.8 Å². The number of furan rings is 1. The molecule has 0 amide bonds. The van der Waals surface area contributed by atoms with Gasteiger partial charge in [-0.25, -0.2) is 15.0 Å². The molecule has 0 saturated heterocycles. The number of rotatable bonds is 5. The standard InChI is InChI=1S/C47H29N3O/c1-2-11-32(12-3-1)45-48-46(33-25-21-30(22-26-33)37-18-10-19-41-40-17-8-9-20-43(40)51-44(37)41)50-47(49-45)34-27-23-31(24-28-34)42-29-35-13-4-5-14-36(35)38-15-6-7-16-39(38)42/h1-29H. The van der Waals surface area contributed by atoms with Gasteiger partial charge in [-0.3, -0.25) is 0 Å². The van der Waals surface area contributed by atoms with Crippen LogP contribution in [0.2, 0.25) is 0 Å². The summed E-state index contributed by atoms with van der Waals surface area (Å²) in [6.07, 6.45) is 0. The fourth-order valence-corrected chi connectivity index (χ4v) is 7.22. The zero-order valence-corrected chi connectivity index (χ0v) is 27.5. The van der Waals surface area contributed by atoms with Crippen LogP contribution in [0.4, 0.5) is 0 Å². The Kier molecular flexibility index (Phi) is 6.78. The predicted octanol–water partition coefficient (Wildman–Crippen LogP) is 12.4.